The first kappa shape index (κ1) is 15.8. The number of carbonyl (C=O) groups is 1. The van der Waals surface area contributed by atoms with E-state index in [0.717, 1.165) is 18.4 Å². The molecule has 0 aromatic heterocycles. The van der Waals surface area contributed by atoms with Crippen LogP contribution in [0.3, 0.4) is 0 Å². The number of anilines is 1. The Morgan fingerprint density at radius 1 is 1.43 bits per heavy atom. The summed E-state index contributed by atoms with van der Waals surface area (Å²) in [4.78, 5) is 12.0. The van der Waals surface area contributed by atoms with Gasteiger partial charge in [-0.05, 0) is 43.5 Å². The molecule has 2 rings (SSSR count). The summed E-state index contributed by atoms with van der Waals surface area (Å²) >= 11 is 0. The molecule has 0 saturated heterocycles. The third-order valence-electron chi connectivity index (χ3n) is 3.67. The summed E-state index contributed by atoms with van der Waals surface area (Å²) < 4.78 is 25.1. The van der Waals surface area contributed by atoms with E-state index >= 15 is 0 Å². The van der Waals surface area contributed by atoms with E-state index in [1.807, 2.05) is 6.92 Å². The van der Waals surface area contributed by atoms with E-state index in [-0.39, 0.29) is 11.9 Å². The van der Waals surface area contributed by atoms with Crippen LogP contribution in [0.5, 0.6) is 0 Å². The Morgan fingerprint density at radius 3 is 2.76 bits per heavy atom. The van der Waals surface area contributed by atoms with Crippen molar-refractivity contribution in [3.05, 3.63) is 29.3 Å². The zero-order chi connectivity index (χ0) is 15.6. The highest BCUT2D eigenvalue weighted by Crippen LogP contribution is 2.34. The Balaban J connectivity index is 2.22. The first-order valence-corrected chi connectivity index (χ1v) is 9.10. The Bertz CT molecular complexity index is 640. The zero-order valence-electron chi connectivity index (χ0n) is 12.7. The van der Waals surface area contributed by atoms with Crippen molar-refractivity contribution in [3.8, 4) is 0 Å². The minimum atomic E-state index is -3.28. The van der Waals surface area contributed by atoms with Crippen LogP contribution < -0.4 is 9.62 Å². The van der Waals surface area contributed by atoms with Crippen molar-refractivity contribution in [2.45, 2.75) is 39.2 Å². The van der Waals surface area contributed by atoms with Crippen molar-refractivity contribution in [3.63, 3.8) is 0 Å². The summed E-state index contributed by atoms with van der Waals surface area (Å²) in [6.45, 7) is 4.61. The molecular formula is C15H22N2O3S. The van der Waals surface area contributed by atoms with E-state index in [1.54, 1.807) is 18.2 Å². The van der Waals surface area contributed by atoms with Crippen LogP contribution in [0.1, 0.15) is 42.6 Å². The van der Waals surface area contributed by atoms with E-state index in [4.69, 9.17) is 0 Å². The first-order chi connectivity index (χ1) is 9.84. The highest BCUT2D eigenvalue weighted by molar-refractivity contribution is 7.92. The third-order valence-corrected chi connectivity index (χ3v) is 4.94. The van der Waals surface area contributed by atoms with Crippen LogP contribution in [-0.4, -0.2) is 33.2 Å². The molecule has 0 radical (unpaired) electrons. The summed E-state index contributed by atoms with van der Waals surface area (Å²) in [5.74, 6) is -0.100. The van der Waals surface area contributed by atoms with E-state index in [9.17, 15) is 13.2 Å². The van der Waals surface area contributed by atoms with Crippen LogP contribution in [0.4, 0.5) is 5.69 Å². The molecule has 1 N–H and O–H groups in total. The van der Waals surface area contributed by atoms with Crippen molar-refractivity contribution in [2.24, 2.45) is 0 Å². The largest absolute Gasteiger partial charge is 0.352 e. The lowest BCUT2D eigenvalue weighted by atomic mass is 10.1. The summed E-state index contributed by atoms with van der Waals surface area (Å²) in [5, 5.41) is 2.87. The Labute approximate surface area is 126 Å². The number of amides is 1. The lowest BCUT2D eigenvalue weighted by molar-refractivity contribution is 0.0953. The highest BCUT2D eigenvalue weighted by Gasteiger charge is 2.32. The highest BCUT2D eigenvalue weighted by atomic mass is 32.2. The molecule has 0 unspecified atom stereocenters. The number of rotatable bonds is 5. The number of carbonyl (C=O) groups excluding carboxylic acids is 1. The second-order valence-electron chi connectivity index (χ2n) is 5.56. The number of nitrogens with one attached hydrogen (secondary N) is 1. The fourth-order valence-electron chi connectivity index (χ4n) is 2.73. The molecule has 1 aliphatic heterocycles. The van der Waals surface area contributed by atoms with Crippen molar-refractivity contribution in [1.82, 2.24) is 5.32 Å². The lowest BCUT2D eigenvalue weighted by Gasteiger charge is -2.21. The second kappa shape index (κ2) is 6.05. The van der Waals surface area contributed by atoms with Gasteiger partial charge in [0.05, 0.1) is 11.9 Å². The van der Waals surface area contributed by atoms with Gasteiger partial charge in [0, 0.05) is 18.2 Å². The third kappa shape index (κ3) is 3.37. The number of hydrogen-bond acceptors (Lipinski definition) is 3. The van der Waals surface area contributed by atoms with E-state index in [0.29, 0.717) is 24.2 Å². The maximum atomic E-state index is 12.0. The topological polar surface area (TPSA) is 66.5 Å². The molecule has 1 aromatic rings. The Morgan fingerprint density at radius 2 is 2.14 bits per heavy atom. The normalized spacial score (nSPS) is 17.7. The van der Waals surface area contributed by atoms with Crippen molar-refractivity contribution < 1.29 is 13.2 Å². The van der Waals surface area contributed by atoms with Crippen LogP contribution in [0, 0.1) is 0 Å². The van der Waals surface area contributed by atoms with Crippen LogP contribution in [0.25, 0.3) is 0 Å². The molecule has 0 spiro atoms. The average Bonchev–Trinajstić information content (AvgIpc) is 2.73. The summed E-state index contributed by atoms with van der Waals surface area (Å²) in [6, 6.07) is 5.12. The minimum absolute atomic E-state index is 0.100. The molecule has 1 aromatic carbocycles. The van der Waals surface area contributed by atoms with Gasteiger partial charge in [0.1, 0.15) is 0 Å². The van der Waals surface area contributed by atoms with E-state index in [2.05, 4.69) is 12.2 Å². The van der Waals surface area contributed by atoms with Crippen molar-refractivity contribution in [1.29, 1.82) is 0 Å². The molecule has 5 nitrogen and oxygen atoms in total. The van der Waals surface area contributed by atoms with Crippen molar-refractivity contribution >= 4 is 21.6 Å². The molecule has 1 heterocycles. The van der Waals surface area contributed by atoms with Crippen LogP contribution >= 0.6 is 0 Å². The van der Waals surface area contributed by atoms with Crippen LogP contribution in [-0.2, 0) is 16.4 Å². The maximum Gasteiger partial charge on any atom is 0.251 e. The predicted molar refractivity (Wildman–Crippen MR) is 84.2 cm³/mol. The van der Waals surface area contributed by atoms with Crippen LogP contribution in [0.2, 0.25) is 0 Å². The quantitative estimate of drug-likeness (QED) is 0.845. The van der Waals surface area contributed by atoms with Gasteiger partial charge in [-0.15, -0.1) is 0 Å². The predicted octanol–water partition coefficient (Wildman–Crippen LogP) is 1.93. The van der Waals surface area contributed by atoms with Gasteiger partial charge in [-0.1, -0.05) is 13.3 Å². The standard InChI is InChI=1S/C15H22N2O3S/c1-4-5-8-16-15(18)12-6-7-14-13(10-12)9-11(2)17(14)21(3,19)20/h6-7,10-11H,4-5,8-9H2,1-3H3,(H,16,18)/t11-/m1/s1. The molecule has 6 heteroatoms. The summed E-state index contributed by atoms with van der Waals surface area (Å²) in [6.07, 6.45) is 3.84. The summed E-state index contributed by atoms with van der Waals surface area (Å²) in [7, 11) is -3.28. The monoisotopic (exact) mass is 310 g/mol. The molecule has 116 valence electrons. The number of hydrogen-bond donors (Lipinski definition) is 1. The van der Waals surface area contributed by atoms with Crippen molar-refractivity contribution in [2.75, 3.05) is 17.1 Å². The SMILES string of the molecule is CCCCNC(=O)c1ccc2c(c1)C[C@@H](C)N2S(C)(=O)=O. The van der Waals surface area contributed by atoms with Gasteiger partial charge in [-0.25, -0.2) is 8.42 Å². The Kier molecular flexibility index (Phi) is 4.56. The van der Waals surface area contributed by atoms with Gasteiger partial charge in [0.2, 0.25) is 10.0 Å². The molecule has 0 saturated carbocycles. The molecule has 0 bridgehead atoms. The van der Waals surface area contributed by atoms with Gasteiger partial charge < -0.3 is 5.32 Å². The maximum absolute atomic E-state index is 12.0. The molecular weight excluding hydrogens is 288 g/mol. The van der Waals surface area contributed by atoms with Gasteiger partial charge >= 0.3 is 0 Å². The average molecular weight is 310 g/mol. The molecule has 1 aliphatic rings. The molecule has 0 aliphatic carbocycles. The van der Waals surface area contributed by atoms with E-state index < -0.39 is 10.0 Å². The van der Waals surface area contributed by atoms with Gasteiger partial charge in [0.15, 0.2) is 0 Å². The first-order valence-electron chi connectivity index (χ1n) is 7.25. The molecule has 1 amide bonds. The molecule has 0 fully saturated rings. The Hall–Kier alpha value is -1.56. The lowest BCUT2D eigenvalue weighted by Crippen LogP contribution is -2.34. The van der Waals surface area contributed by atoms with Crippen LogP contribution in [0.15, 0.2) is 18.2 Å². The zero-order valence-corrected chi connectivity index (χ0v) is 13.5. The number of nitrogens with zero attached hydrogens (tertiary/aromatic N) is 1. The number of benzene rings is 1. The fraction of sp³-hybridized carbons (Fsp3) is 0.533. The number of sulfonamides is 1. The smallest absolute Gasteiger partial charge is 0.251 e. The second-order valence-corrected chi connectivity index (χ2v) is 7.42. The van der Waals surface area contributed by atoms with Gasteiger partial charge in [0.25, 0.3) is 5.91 Å². The fourth-order valence-corrected chi connectivity index (χ4v) is 3.99. The number of unbranched alkanes of at least 4 members (excludes halogenated alkanes) is 1. The van der Waals surface area contributed by atoms with Gasteiger partial charge in [-0.2, -0.15) is 0 Å². The molecule has 21 heavy (non-hydrogen) atoms. The van der Waals surface area contributed by atoms with Gasteiger partial charge in [-0.3, -0.25) is 9.10 Å². The molecule has 1 atom stereocenters. The van der Waals surface area contributed by atoms with E-state index in [1.165, 1.54) is 10.6 Å². The minimum Gasteiger partial charge on any atom is -0.352 e. The summed E-state index contributed by atoms with van der Waals surface area (Å²) in [5.41, 5.74) is 2.19. The number of fused-ring (bicyclic) bond motifs is 1.